The molecule has 130 valence electrons. The number of nitrogens with one attached hydrogen (secondary N) is 1. The number of carbonyl (C=O) groups is 2. The maximum atomic E-state index is 12.7. The second kappa shape index (κ2) is 7.05. The Balaban J connectivity index is 1.78. The summed E-state index contributed by atoms with van der Waals surface area (Å²) in [5.74, 6) is -0.757. The maximum Gasteiger partial charge on any atom is 0.316 e. The van der Waals surface area contributed by atoms with Crippen molar-refractivity contribution < 1.29 is 9.59 Å². The summed E-state index contributed by atoms with van der Waals surface area (Å²) in [4.78, 5) is 31.2. The van der Waals surface area contributed by atoms with Crippen LogP contribution in [0.3, 0.4) is 0 Å². The van der Waals surface area contributed by atoms with Gasteiger partial charge in [-0.1, -0.05) is 45.0 Å². The van der Waals surface area contributed by atoms with Gasteiger partial charge in [-0.3, -0.25) is 14.6 Å². The van der Waals surface area contributed by atoms with Crippen LogP contribution in [0.15, 0.2) is 48.7 Å². The first-order valence-electron chi connectivity index (χ1n) is 8.61. The third-order valence-corrected chi connectivity index (χ3v) is 4.61. The van der Waals surface area contributed by atoms with Gasteiger partial charge >= 0.3 is 11.8 Å². The number of para-hydroxylation sites is 1. The predicted octanol–water partition coefficient (Wildman–Crippen LogP) is 3.05. The number of amides is 2. The molecule has 0 saturated carbocycles. The predicted molar refractivity (Wildman–Crippen MR) is 97.2 cm³/mol. The van der Waals surface area contributed by atoms with Gasteiger partial charge in [-0.25, -0.2) is 0 Å². The van der Waals surface area contributed by atoms with Gasteiger partial charge in [-0.05, 0) is 29.7 Å². The van der Waals surface area contributed by atoms with E-state index in [-0.39, 0.29) is 17.9 Å². The van der Waals surface area contributed by atoms with E-state index in [1.165, 1.54) is 0 Å². The van der Waals surface area contributed by atoms with Crippen LogP contribution < -0.4 is 10.2 Å². The molecule has 2 amide bonds. The quantitative estimate of drug-likeness (QED) is 0.876. The summed E-state index contributed by atoms with van der Waals surface area (Å²) in [7, 11) is 0. The Bertz CT molecular complexity index is 774. The highest BCUT2D eigenvalue weighted by Crippen LogP contribution is 2.35. The summed E-state index contributed by atoms with van der Waals surface area (Å²) in [6.45, 7) is 6.59. The van der Waals surface area contributed by atoms with Crippen LogP contribution in [0.4, 0.5) is 5.69 Å². The largest absolute Gasteiger partial charge is 0.339 e. The van der Waals surface area contributed by atoms with Crippen LogP contribution in [-0.2, 0) is 9.59 Å². The molecule has 1 aromatic heterocycles. The molecule has 0 spiro atoms. The normalized spacial score (nSPS) is 17.3. The lowest BCUT2D eigenvalue weighted by atomic mass is 10.0. The highest BCUT2D eigenvalue weighted by molar-refractivity contribution is 6.40. The van der Waals surface area contributed by atoms with Crippen molar-refractivity contribution in [3.8, 4) is 0 Å². The van der Waals surface area contributed by atoms with E-state index in [4.69, 9.17) is 0 Å². The summed E-state index contributed by atoms with van der Waals surface area (Å²) in [5.41, 5.74) is 2.69. The lowest BCUT2D eigenvalue weighted by Crippen LogP contribution is -2.45. The van der Waals surface area contributed by atoms with E-state index in [0.717, 1.165) is 16.9 Å². The van der Waals surface area contributed by atoms with Crippen LogP contribution in [0.2, 0.25) is 0 Å². The summed E-state index contributed by atoms with van der Waals surface area (Å²) >= 11 is 0. The molecule has 2 heterocycles. The van der Waals surface area contributed by atoms with Gasteiger partial charge in [0.25, 0.3) is 0 Å². The first-order valence-corrected chi connectivity index (χ1v) is 8.61. The lowest BCUT2D eigenvalue weighted by Gasteiger charge is -2.23. The van der Waals surface area contributed by atoms with Gasteiger partial charge in [0.2, 0.25) is 0 Å². The van der Waals surface area contributed by atoms with Gasteiger partial charge in [-0.15, -0.1) is 0 Å². The Morgan fingerprint density at radius 1 is 1.16 bits per heavy atom. The van der Waals surface area contributed by atoms with Crippen LogP contribution in [-0.4, -0.2) is 23.3 Å². The molecule has 2 atom stereocenters. The number of anilines is 1. The monoisotopic (exact) mass is 337 g/mol. The second-order valence-corrected chi connectivity index (χ2v) is 6.83. The number of aromatic nitrogens is 1. The molecular weight excluding hydrogens is 314 g/mol. The maximum absolute atomic E-state index is 12.7. The summed E-state index contributed by atoms with van der Waals surface area (Å²) in [6, 6.07) is 13.0. The molecule has 0 radical (unpaired) electrons. The Morgan fingerprint density at radius 2 is 1.88 bits per heavy atom. The Labute approximate surface area is 148 Å². The van der Waals surface area contributed by atoms with Crippen LogP contribution in [0.1, 0.15) is 44.0 Å². The Kier molecular flexibility index (Phi) is 4.83. The third kappa shape index (κ3) is 3.40. The molecule has 5 nitrogen and oxygen atoms in total. The molecule has 1 aromatic carbocycles. The molecule has 5 heteroatoms. The van der Waals surface area contributed by atoms with E-state index >= 15 is 0 Å². The zero-order chi connectivity index (χ0) is 18.0. The van der Waals surface area contributed by atoms with Gasteiger partial charge in [0.15, 0.2) is 0 Å². The molecular formula is C20H23N3O2. The van der Waals surface area contributed by atoms with Gasteiger partial charge in [0.1, 0.15) is 0 Å². The van der Waals surface area contributed by atoms with Crippen molar-refractivity contribution in [3.63, 3.8) is 0 Å². The molecule has 0 saturated heterocycles. The molecule has 1 aliphatic heterocycles. The minimum Gasteiger partial charge on any atom is -0.339 e. The van der Waals surface area contributed by atoms with E-state index in [2.05, 4.69) is 17.2 Å². The number of hydrogen-bond donors (Lipinski definition) is 1. The summed E-state index contributed by atoms with van der Waals surface area (Å²) in [6.07, 6.45) is 1.69. The number of nitrogens with zero attached hydrogens (tertiary/aromatic N) is 2. The molecule has 0 bridgehead atoms. The van der Waals surface area contributed by atoms with Crippen LogP contribution in [0.25, 0.3) is 0 Å². The van der Waals surface area contributed by atoms with E-state index in [1.54, 1.807) is 11.1 Å². The molecule has 3 rings (SSSR count). The second-order valence-electron chi connectivity index (χ2n) is 6.83. The molecule has 2 aromatic rings. The molecule has 0 aliphatic carbocycles. The van der Waals surface area contributed by atoms with Gasteiger partial charge in [0.05, 0.1) is 11.7 Å². The summed E-state index contributed by atoms with van der Waals surface area (Å²) < 4.78 is 0. The fourth-order valence-electron chi connectivity index (χ4n) is 3.28. The fraction of sp³-hybridized carbons (Fsp3) is 0.350. The van der Waals surface area contributed by atoms with Crippen molar-refractivity contribution >= 4 is 17.5 Å². The fourth-order valence-corrected chi connectivity index (χ4v) is 3.28. The molecule has 1 N–H and O–H groups in total. The number of carbonyl (C=O) groups excluding carboxylic acids is 2. The van der Waals surface area contributed by atoms with Crippen molar-refractivity contribution in [3.05, 3.63) is 59.9 Å². The van der Waals surface area contributed by atoms with Crippen LogP contribution in [0.5, 0.6) is 0 Å². The minimum atomic E-state index is -0.590. The van der Waals surface area contributed by atoms with Crippen LogP contribution >= 0.6 is 0 Å². The molecule has 0 unspecified atom stereocenters. The SMILES string of the molecule is CC(C)[C@@H](NC(=O)C(=O)N1C[C@@H](C)c2ccccc21)c1ccccn1. The number of rotatable bonds is 3. The van der Waals surface area contributed by atoms with E-state index in [0.29, 0.717) is 6.54 Å². The van der Waals surface area contributed by atoms with Crippen molar-refractivity contribution in [2.45, 2.75) is 32.7 Å². The van der Waals surface area contributed by atoms with Crippen molar-refractivity contribution in [2.75, 3.05) is 11.4 Å². The van der Waals surface area contributed by atoms with E-state index < -0.39 is 11.8 Å². The van der Waals surface area contributed by atoms with Crippen molar-refractivity contribution in [1.29, 1.82) is 0 Å². The zero-order valence-electron chi connectivity index (χ0n) is 14.8. The van der Waals surface area contributed by atoms with E-state index in [1.807, 2.05) is 56.3 Å². The lowest BCUT2D eigenvalue weighted by molar-refractivity contribution is -0.138. The Morgan fingerprint density at radius 3 is 2.56 bits per heavy atom. The first kappa shape index (κ1) is 17.1. The van der Waals surface area contributed by atoms with Gasteiger partial charge < -0.3 is 10.2 Å². The average Bonchev–Trinajstić information content (AvgIpc) is 2.96. The average molecular weight is 337 g/mol. The number of hydrogen-bond acceptors (Lipinski definition) is 3. The van der Waals surface area contributed by atoms with Gasteiger partial charge in [0, 0.05) is 24.3 Å². The number of benzene rings is 1. The van der Waals surface area contributed by atoms with Crippen LogP contribution in [0, 0.1) is 5.92 Å². The topological polar surface area (TPSA) is 62.3 Å². The van der Waals surface area contributed by atoms with E-state index in [9.17, 15) is 9.59 Å². The minimum absolute atomic E-state index is 0.122. The zero-order valence-corrected chi connectivity index (χ0v) is 14.8. The smallest absolute Gasteiger partial charge is 0.316 e. The molecule has 1 aliphatic rings. The molecule has 25 heavy (non-hydrogen) atoms. The highest BCUT2D eigenvalue weighted by atomic mass is 16.2. The van der Waals surface area contributed by atoms with Crippen molar-refractivity contribution in [2.24, 2.45) is 5.92 Å². The third-order valence-electron chi connectivity index (χ3n) is 4.61. The number of pyridine rings is 1. The van der Waals surface area contributed by atoms with Gasteiger partial charge in [-0.2, -0.15) is 0 Å². The highest BCUT2D eigenvalue weighted by Gasteiger charge is 2.34. The summed E-state index contributed by atoms with van der Waals surface area (Å²) in [5, 5.41) is 2.86. The Hall–Kier alpha value is -2.69. The molecule has 0 fully saturated rings. The first-order chi connectivity index (χ1) is 12.0. The van der Waals surface area contributed by atoms with Crippen molar-refractivity contribution in [1.82, 2.24) is 10.3 Å². The standard InChI is InChI=1S/C20H23N3O2/c1-13(2)18(16-9-6-7-11-21-16)22-19(24)20(25)23-12-14(3)15-8-4-5-10-17(15)23/h4-11,13-14,18H,12H2,1-3H3,(H,22,24)/t14-,18-/m1/s1. The number of fused-ring (bicyclic) bond motifs is 1.